The van der Waals surface area contributed by atoms with Gasteiger partial charge in [-0.15, -0.1) is 0 Å². The molecular formula is C28H25Br2N3O4S. The monoisotopic (exact) mass is 657 g/mol. The summed E-state index contributed by atoms with van der Waals surface area (Å²) in [5.74, 6) is 0.967. The van der Waals surface area contributed by atoms with Gasteiger partial charge in [-0.2, -0.15) is 0 Å². The van der Waals surface area contributed by atoms with Crippen molar-refractivity contribution in [3.63, 3.8) is 0 Å². The highest BCUT2D eigenvalue weighted by Gasteiger charge is 2.36. The smallest absolute Gasteiger partial charge is 0.271 e. The number of methoxy groups -OCH3 is 1. The molecule has 4 aromatic rings. The Kier molecular flexibility index (Phi) is 7.48. The number of hydrogen-bond acceptors (Lipinski definition) is 6. The number of hydrogen-bond donors (Lipinski definition) is 0. The quantitative estimate of drug-likeness (QED) is 0.279. The minimum absolute atomic E-state index is 0.149. The molecule has 2 aromatic carbocycles. The first-order chi connectivity index (χ1) is 18.3. The van der Waals surface area contributed by atoms with Crippen LogP contribution >= 0.6 is 43.2 Å². The van der Waals surface area contributed by atoms with Crippen LogP contribution in [0.5, 0.6) is 5.75 Å². The van der Waals surface area contributed by atoms with E-state index in [1.54, 1.807) is 28.7 Å². The molecular weight excluding hydrogens is 634 g/mol. The average molecular weight is 659 g/mol. The third-order valence-electron chi connectivity index (χ3n) is 6.66. The summed E-state index contributed by atoms with van der Waals surface area (Å²) in [6.07, 6.45) is 1.70. The van der Waals surface area contributed by atoms with Crippen molar-refractivity contribution in [2.45, 2.75) is 26.8 Å². The number of nitrogens with zero attached hydrogens (tertiary/aromatic N) is 3. The van der Waals surface area contributed by atoms with E-state index in [4.69, 9.17) is 14.1 Å². The average Bonchev–Trinajstić information content (AvgIpc) is 3.39. The predicted molar refractivity (Wildman–Crippen MR) is 156 cm³/mol. The Morgan fingerprint density at radius 3 is 2.61 bits per heavy atom. The lowest BCUT2D eigenvalue weighted by atomic mass is 9.90. The van der Waals surface area contributed by atoms with Crippen molar-refractivity contribution in [2.24, 2.45) is 4.99 Å². The number of aromatic nitrogens is 1. The van der Waals surface area contributed by atoms with E-state index in [2.05, 4.69) is 31.9 Å². The standard InChI is InChI=1S/C28H25Br2N3O4S/c1-5-32(6-2)27(35)22-15(3)31-28-33(26(34)21(38-28)14-17-13-19(29)25(30)37-17)24(22)23-18-10-8-7-9-16(18)11-12-20(23)36-4/h7-14,24H,5-6H2,1-4H3/b21-14+/t24-/m1/s1. The number of thiazole rings is 1. The zero-order valence-electron chi connectivity index (χ0n) is 21.2. The van der Waals surface area contributed by atoms with Gasteiger partial charge in [-0.05, 0) is 75.5 Å². The van der Waals surface area contributed by atoms with Crippen molar-refractivity contribution in [2.75, 3.05) is 20.2 Å². The van der Waals surface area contributed by atoms with Gasteiger partial charge in [-0.1, -0.05) is 41.7 Å². The van der Waals surface area contributed by atoms with Crippen LogP contribution < -0.4 is 19.6 Å². The number of rotatable bonds is 6. The van der Waals surface area contributed by atoms with E-state index in [9.17, 15) is 9.59 Å². The van der Waals surface area contributed by atoms with Gasteiger partial charge in [0.05, 0.1) is 27.4 Å². The summed E-state index contributed by atoms with van der Waals surface area (Å²) in [5, 5.41) is 1.89. The van der Waals surface area contributed by atoms with Crippen molar-refractivity contribution < 1.29 is 13.9 Å². The molecule has 7 nitrogen and oxygen atoms in total. The van der Waals surface area contributed by atoms with E-state index in [-0.39, 0.29) is 11.5 Å². The number of benzene rings is 2. The lowest BCUT2D eigenvalue weighted by Gasteiger charge is -2.30. The van der Waals surface area contributed by atoms with E-state index in [0.717, 1.165) is 20.8 Å². The molecule has 38 heavy (non-hydrogen) atoms. The van der Waals surface area contributed by atoms with Crippen molar-refractivity contribution in [3.8, 4) is 5.75 Å². The molecule has 2 aromatic heterocycles. The Morgan fingerprint density at radius 2 is 1.95 bits per heavy atom. The maximum absolute atomic E-state index is 14.0. The Bertz CT molecular complexity index is 1760. The fraction of sp³-hybridized carbons (Fsp3) is 0.250. The Hall–Kier alpha value is -2.95. The van der Waals surface area contributed by atoms with Gasteiger partial charge >= 0.3 is 0 Å². The molecule has 0 saturated heterocycles. The summed E-state index contributed by atoms with van der Waals surface area (Å²) in [6.45, 7) is 6.80. The van der Waals surface area contributed by atoms with E-state index in [0.29, 0.717) is 49.9 Å². The molecule has 0 radical (unpaired) electrons. The van der Waals surface area contributed by atoms with Crippen LogP contribution in [-0.4, -0.2) is 35.6 Å². The maximum Gasteiger partial charge on any atom is 0.271 e. The molecule has 5 rings (SSSR count). The van der Waals surface area contributed by atoms with Crippen LogP contribution in [0.1, 0.15) is 38.1 Å². The molecule has 0 aliphatic carbocycles. The fourth-order valence-electron chi connectivity index (χ4n) is 4.85. The first-order valence-electron chi connectivity index (χ1n) is 12.1. The molecule has 1 aliphatic heterocycles. The first kappa shape index (κ1) is 26.6. The molecule has 1 atom stereocenters. The maximum atomic E-state index is 14.0. The van der Waals surface area contributed by atoms with Gasteiger partial charge in [-0.25, -0.2) is 4.99 Å². The Balaban J connectivity index is 1.86. The number of carbonyl (C=O) groups excluding carboxylic acids is 1. The molecule has 1 amide bonds. The summed E-state index contributed by atoms with van der Waals surface area (Å²) >= 11 is 8.03. The van der Waals surface area contributed by atoms with Crippen LogP contribution in [0.3, 0.4) is 0 Å². The number of ether oxygens (including phenoxy) is 1. The summed E-state index contributed by atoms with van der Waals surface area (Å²) in [6, 6.07) is 12.9. The number of fused-ring (bicyclic) bond motifs is 2. The van der Waals surface area contributed by atoms with E-state index >= 15 is 0 Å². The van der Waals surface area contributed by atoms with Crippen LogP contribution in [0.4, 0.5) is 0 Å². The molecule has 196 valence electrons. The van der Waals surface area contributed by atoms with Gasteiger partial charge in [0.2, 0.25) is 0 Å². The van der Waals surface area contributed by atoms with Gasteiger partial charge < -0.3 is 14.1 Å². The number of halogens is 2. The molecule has 0 saturated carbocycles. The van der Waals surface area contributed by atoms with E-state index in [1.165, 1.54) is 11.3 Å². The number of likely N-dealkylation sites (N-methyl/N-ethyl adjacent to an activating group) is 1. The minimum Gasteiger partial charge on any atom is -0.496 e. The first-order valence-corrected chi connectivity index (χ1v) is 14.5. The molecule has 0 spiro atoms. The van der Waals surface area contributed by atoms with Crippen LogP contribution in [-0.2, 0) is 4.79 Å². The third kappa shape index (κ3) is 4.48. The van der Waals surface area contributed by atoms with Gasteiger partial charge in [0.25, 0.3) is 11.5 Å². The zero-order chi connectivity index (χ0) is 27.1. The molecule has 0 N–H and O–H groups in total. The van der Waals surface area contributed by atoms with Crippen LogP contribution in [0.15, 0.2) is 77.1 Å². The summed E-state index contributed by atoms with van der Waals surface area (Å²) in [7, 11) is 1.60. The molecule has 0 unspecified atom stereocenters. The van der Waals surface area contributed by atoms with E-state index < -0.39 is 6.04 Å². The minimum atomic E-state index is -0.724. The number of carbonyl (C=O) groups is 1. The van der Waals surface area contributed by atoms with Gasteiger partial charge in [0.1, 0.15) is 17.6 Å². The summed E-state index contributed by atoms with van der Waals surface area (Å²) in [5.41, 5.74) is 1.55. The van der Waals surface area contributed by atoms with Crippen LogP contribution in [0.2, 0.25) is 0 Å². The highest BCUT2D eigenvalue weighted by atomic mass is 79.9. The SMILES string of the molecule is CCN(CC)C(=O)C1=C(C)N=c2s/c(=C/c3cc(Br)c(Br)o3)c(=O)n2[C@H]1c1c(OC)ccc2ccccc12. The van der Waals surface area contributed by atoms with Gasteiger partial charge in [0.15, 0.2) is 9.47 Å². The Labute approximate surface area is 240 Å². The summed E-state index contributed by atoms with van der Waals surface area (Å²) in [4.78, 5) is 35.0. The predicted octanol–water partition coefficient (Wildman–Crippen LogP) is 5.38. The highest BCUT2D eigenvalue weighted by Crippen LogP contribution is 2.40. The van der Waals surface area contributed by atoms with Crippen LogP contribution in [0, 0.1) is 0 Å². The summed E-state index contributed by atoms with van der Waals surface area (Å²) < 4.78 is 14.9. The van der Waals surface area contributed by atoms with Gasteiger partial charge in [-0.3, -0.25) is 14.2 Å². The second-order valence-corrected chi connectivity index (χ2v) is 11.3. The number of furan rings is 1. The number of amides is 1. The van der Waals surface area contributed by atoms with Crippen molar-refractivity contribution in [3.05, 3.63) is 93.9 Å². The Morgan fingerprint density at radius 1 is 1.21 bits per heavy atom. The lowest BCUT2D eigenvalue weighted by molar-refractivity contribution is -0.127. The molecule has 0 fully saturated rings. The van der Waals surface area contributed by atoms with E-state index in [1.807, 2.05) is 57.2 Å². The van der Waals surface area contributed by atoms with Crippen molar-refractivity contribution in [1.82, 2.24) is 9.47 Å². The fourth-order valence-corrected chi connectivity index (χ4v) is 6.48. The molecule has 10 heteroatoms. The normalized spacial score (nSPS) is 15.5. The molecule has 0 bridgehead atoms. The molecule has 1 aliphatic rings. The molecule has 3 heterocycles. The largest absolute Gasteiger partial charge is 0.496 e. The second-order valence-electron chi connectivity index (χ2n) is 8.73. The number of allylic oxidation sites excluding steroid dienone is 1. The van der Waals surface area contributed by atoms with Gasteiger partial charge in [0, 0.05) is 24.7 Å². The van der Waals surface area contributed by atoms with Crippen molar-refractivity contribution in [1.29, 1.82) is 0 Å². The highest BCUT2D eigenvalue weighted by molar-refractivity contribution is 9.13. The third-order valence-corrected chi connectivity index (χ3v) is 9.36. The lowest BCUT2D eigenvalue weighted by Crippen LogP contribution is -2.43. The topological polar surface area (TPSA) is 77.0 Å². The van der Waals surface area contributed by atoms with Crippen molar-refractivity contribution >= 4 is 66.0 Å². The zero-order valence-corrected chi connectivity index (χ0v) is 25.2. The second kappa shape index (κ2) is 10.7. The van der Waals surface area contributed by atoms with Crippen LogP contribution in [0.25, 0.3) is 16.8 Å².